The summed E-state index contributed by atoms with van der Waals surface area (Å²) in [5, 5.41) is 9.31. The van der Waals surface area contributed by atoms with Gasteiger partial charge in [-0.3, -0.25) is 9.78 Å². The lowest BCUT2D eigenvalue weighted by molar-refractivity contribution is -0.143. The lowest BCUT2D eigenvalue weighted by Crippen LogP contribution is -2.47. The molecule has 6 heteroatoms. The number of pyridine rings is 1. The van der Waals surface area contributed by atoms with Gasteiger partial charge in [0.25, 0.3) is 5.91 Å². The van der Waals surface area contributed by atoms with Crippen LogP contribution in [0.2, 0.25) is 0 Å². The Morgan fingerprint density at radius 2 is 1.84 bits per heavy atom. The number of ether oxygens (including phenoxy) is 1. The summed E-state index contributed by atoms with van der Waals surface area (Å²) in [6.45, 7) is 0.902. The molecule has 3 rings (SSSR count). The van der Waals surface area contributed by atoms with Gasteiger partial charge in [0, 0.05) is 24.5 Å². The number of likely N-dealkylation sites (tertiary alicyclic amines) is 1. The van der Waals surface area contributed by atoms with E-state index in [0.717, 1.165) is 18.4 Å². The number of amides is 1. The molecule has 0 spiro atoms. The molecule has 1 saturated heterocycles. The zero-order chi connectivity index (χ0) is 17.6. The number of carbonyl (C=O) groups excluding carboxylic acids is 1. The summed E-state index contributed by atoms with van der Waals surface area (Å²) in [5.41, 5.74) is 1.48. The van der Waals surface area contributed by atoms with E-state index in [0.29, 0.717) is 30.9 Å². The van der Waals surface area contributed by atoms with Crippen molar-refractivity contribution in [3.05, 3.63) is 59.9 Å². The maximum atomic E-state index is 12.6. The molecule has 0 radical (unpaired) electrons. The first-order chi connectivity index (χ1) is 12.1. The van der Waals surface area contributed by atoms with Crippen LogP contribution in [0.1, 0.15) is 35.2 Å². The molecule has 25 heavy (non-hydrogen) atoms. The molecule has 1 aliphatic heterocycles. The van der Waals surface area contributed by atoms with Gasteiger partial charge >= 0.3 is 5.97 Å². The van der Waals surface area contributed by atoms with Crippen molar-refractivity contribution >= 4 is 11.9 Å². The number of hydrogen-bond donors (Lipinski definition) is 1. The van der Waals surface area contributed by atoms with Crippen molar-refractivity contribution in [3.63, 3.8) is 0 Å². The summed E-state index contributed by atoms with van der Waals surface area (Å²) >= 11 is 0. The number of rotatable bonds is 5. The van der Waals surface area contributed by atoms with Crippen LogP contribution < -0.4 is 4.74 Å². The van der Waals surface area contributed by atoms with E-state index in [2.05, 4.69) is 4.98 Å². The molecule has 1 aromatic heterocycles. The van der Waals surface area contributed by atoms with E-state index >= 15 is 0 Å². The highest BCUT2D eigenvalue weighted by Crippen LogP contribution is 2.21. The molecule has 130 valence electrons. The minimum atomic E-state index is -0.939. The number of carbonyl (C=O) groups is 2. The molecule has 2 aromatic rings. The van der Waals surface area contributed by atoms with Gasteiger partial charge < -0.3 is 14.7 Å². The van der Waals surface area contributed by atoms with E-state index in [1.807, 2.05) is 12.1 Å². The third-order valence-corrected chi connectivity index (χ3v) is 4.30. The van der Waals surface area contributed by atoms with Gasteiger partial charge in [0.1, 0.15) is 18.4 Å². The molecule has 1 aliphatic rings. The number of nitrogens with zero attached hydrogens (tertiary/aromatic N) is 2. The van der Waals surface area contributed by atoms with Crippen LogP contribution in [0, 0.1) is 0 Å². The Hall–Kier alpha value is -2.89. The molecule has 6 nitrogen and oxygen atoms in total. The van der Waals surface area contributed by atoms with E-state index < -0.39 is 12.0 Å². The highest BCUT2D eigenvalue weighted by molar-refractivity contribution is 5.96. The van der Waals surface area contributed by atoms with Crippen LogP contribution in [0.5, 0.6) is 5.75 Å². The van der Waals surface area contributed by atoms with Gasteiger partial charge in [-0.15, -0.1) is 0 Å². The third kappa shape index (κ3) is 4.15. The zero-order valence-electron chi connectivity index (χ0n) is 13.8. The Morgan fingerprint density at radius 3 is 2.52 bits per heavy atom. The molecule has 1 fully saturated rings. The summed E-state index contributed by atoms with van der Waals surface area (Å²) in [6, 6.07) is 9.84. The SMILES string of the molecule is O=C(O)[C@H]1CCCCN1C(=O)c1ccc(OCc2ccncc2)cc1. The van der Waals surface area contributed by atoms with Crippen LogP contribution in [-0.2, 0) is 11.4 Å². The third-order valence-electron chi connectivity index (χ3n) is 4.30. The van der Waals surface area contributed by atoms with Crippen molar-refractivity contribution < 1.29 is 19.4 Å². The van der Waals surface area contributed by atoms with Crippen molar-refractivity contribution in [2.45, 2.75) is 31.9 Å². The highest BCUT2D eigenvalue weighted by atomic mass is 16.5. The number of aromatic nitrogens is 1. The average molecular weight is 340 g/mol. The maximum absolute atomic E-state index is 12.6. The molecule has 1 amide bonds. The Balaban J connectivity index is 1.65. The number of piperidine rings is 1. The van der Waals surface area contributed by atoms with Crippen LogP contribution in [0.25, 0.3) is 0 Å². The van der Waals surface area contributed by atoms with E-state index in [1.165, 1.54) is 4.90 Å². The van der Waals surface area contributed by atoms with Crippen LogP contribution in [0.3, 0.4) is 0 Å². The first-order valence-electron chi connectivity index (χ1n) is 8.30. The normalized spacial score (nSPS) is 17.1. The minimum absolute atomic E-state index is 0.243. The summed E-state index contributed by atoms with van der Waals surface area (Å²) in [4.78, 5) is 29.4. The van der Waals surface area contributed by atoms with Crippen LogP contribution in [-0.4, -0.2) is 39.5 Å². The second-order valence-electron chi connectivity index (χ2n) is 6.02. The van der Waals surface area contributed by atoms with E-state index in [1.54, 1.807) is 36.7 Å². The summed E-state index contributed by atoms with van der Waals surface area (Å²) < 4.78 is 5.68. The second kappa shape index (κ2) is 7.79. The molecule has 2 heterocycles. The monoisotopic (exact) mass is 340 g/mol. The van der Waals surface area contributed by atoms with Gasteiger partial charge in [-0.25, -0.2) is 4.79 Å². The fourth-order valence-electron chi connectivity index (χ4n) is 2.94. The molecule has 0 saturated carbocycles. The van der Waals surface area contributed by atoms with Crippen LogP contribution >= 0.6 is 0 Å². The molecular formula is C19H20N2O4. The Labute approximate surface area is 146 Å². The van der Waals surface area contributed by atoms with Crippen molar-refractivity contribution in [2.24, 2.45) is 0 Å². The highest BCUT2D eigenvalue weighted by Gasteiger charge is 2.32. The molecule has 0 aliphatic carbocycles. The molecule has 1 aromatic carbocycles. The molecule has 0 bridgehead atoms. The minimum Gasteiger partial charge on any atom is -0.489 e. The second-order valence-corrected chi connectivity index (χ2v) is 6.02. The number of aliphatic carboxylic acids is 1. The Bertz CT molecular complexity index is 731. The topological polar surface area (TPSA) is 79.7 Å². The molecule has 0 unspecified atom stereocenters. The van der Waals surface area contributed by atoms with Gasteiger partial charge in [-0.2, -0.15) is 0 Å². The van der Waals surface area contributed by atoms with E-state index in [9.17, 15) is 14.7 Å². The molecular weight excluding hydrogens is 320 g/mol. The fourth-order valence-corrected chi connectivity index (χ4v) is 2.94. The summed E-state index contributed by atoms with van der Waals surface area (Å²) in [6.07, 6.45) is 5.59. The molecule has 1 atom stereocenters. The first-order valence-corrected chi connectivity index (χ1v) is 8.30. The van der Waals surface area contributed by atoms with Gasteiger partial charge in [0.2, 0.25) is 0 Å². The quantitative estimate of drug-likeness (QED) is 0.905. The lowest BCUT2D eigenvalue weighted by atomic mass is 10.0. The van der Waals surface area contributed by atoms with Crippen molar-refractivity contribution in [1.82, 2.24) is 9.88 Å². The van der Waals surface area contributed by atoms with Crippen molar-refractivity contribution in [2.75, 3.05) is 6.54 Å². The number of benzene rings is 1. The van der Waals surface area contributed by atoms with E-state index in [4.69, 9.17) is 4.74 Å². The largest absolute Gasteiger partial charge is 0.489 e. The maximum Gasteiger partial charge on any atom is 0.326 e. The Morgan fingerprint density at radius 1 is 1.12 bits per heavy atom. The van der Waals surface area contributed by atoms with Crippen molar-refractivity contribution in [3.8, 4) is 5.75 Å². The first kappa shape index (κ1) is 17.0. The summed E-state index contributed by atoms with van der Waals surface area (Å²) in [7, 11) is 0. The Kier molecular flexibility index (Phi) is 5.28. The molecule has 1 N–H and O–H groups in total. The van der Waals surface area contributed by atoms with Crippen LogP contribution in [0.4, 0.5) is 0 Å². The van der Waals surface area contributed by atoms with Gasteiger partial charge in [-0.1, -0.05) is 0 Å². The predicted molar refractivity (Wildman–Crippen MR) is 91.3 cm³/mol. The zero-order valence-corrected chi connectivity index (χ0v) is 13.8. The fraction of sp³-hybridized carbons (Fsp3) is 0.316. The number of carboxylic acids is 1. The number of hydrogen-bond acceptors (Lipinski definition) is 4. The number of carboxylic acid groups (broad SMARTS) is 1. The standard InChI is InChI=1S/C19H20N2O4/c22-18(21-12-2-1-3-17(21)19(23)24)15-4-6-16(7-5-15)25-13-14-8-10-20-11-9-14/h4-11,17H,1-3,12-13H2,(H,23,24)/t17-/m1/s1. The van der Waals surface area contributed by atoms with Gasteiger partial charge in [-0.05, 0) is 61.2 Å². The van der Waals surface area contributed by atoms with Gasteiger partial charge in [0.05, 0.1) is 0 Å². The van der Waals surface area contributed by atoms with Crippen LogP contribution in [0.15, 0.2) is 48.8 Å². The average Bonchev–Trinajstić information content (AvgIpc) is 2.67. The predicted octanol–water partition coefficient (Wildman–Crippen LogP) is 2.74. The lowest BCUT2D eigenvalue weighted by Gasteiger charge is -2.33. The smallest absolute Gasteiger partial charge is 0.326 e. The van der Waals surface area contributed by atoms with Gasteiger partial charge in [0.15, 0.2) is 0 Å². The summed E-state index contributed by atoms with van der Waals surface area (Å²) in [5.74, 6) is -0.528. The van der Waals surface area contributed by atoms with E-state index in [-0.39, 0.29) is 5.91 Å². The van der Waals surface area contributed by atoms with Crippen molar-refractivity contribution in [1.29, 1.82) is 0 Å².